The molecule has 4 nitrogen and oxygen atoms in total. The zero-order valence-corrected chi connectivity index (χ0v) is 14.9. The first-order valence-electron chi connectivity index (χ1n) is 7.62. The lowest BCUT2D eigenvalue weighted by Gasteiger charge is -2.06. The predicted octanol–water partition coefficient (Wildman–Crippen LogP) is 4.23. The van der Waals surface area contributed by atoms with E-state index in [0.717, 1.165) is 11.3 Å². The van der Waals surface area contributed by atoms with Crippen LogP contribution in [0.15, 0.2) is 36.7 Å². The lowest BCUT2D eigenvalue weighted by atomic mass is 10.1. The minimum absolute atomic E-state index is 0.0806. The van der Waals surface area contributed by atoms with Gasteiger partial charge in [-0.2, -0.15) is 0 Å². The number of hydrogen-bond acceptors (Lipinski definition) is 2. The Balaban J connectivity index is 1.64. The molecule has 2 heterocycles. The van der Waals surface area contributed by atoms with Crippen LogP contribution >= 0.6 is 23.2 Å². The molecule has 0 fully saturated rings. The van der Waals surface area contributed by atoms with Crippen molar-refractivity contribution in [2.45, 2.75) is 20.3 Å². The van der Waals surface area contributed by atoms with Gasteiger partial charge in [-0.15, -0.1) is 0 Å². The quantitative estimate of drug-likeness (QED) is 0.755. The third-order valence-electron chi connectivity index (χ3n) is 3.96. The molecule has 0 unspecified atom stereocenters. The second kappa shape index (κ2) is 6.83. The minimum atomic E-state index is -0.0806. The van der Waals surface area contributed by atoms with Gasteiger partial charge in [-0.05, 0) is 43.2 Å². The number of nitrogens with zero attached hydrogens (tertiary/aromatic N) is 2. The summed E-state index contributed by atoms with van der Waals surface area (Å²) < 4.78 is 1.80. The predicted molar refractivity (Wildman–Crippen MR) is 97.2 cm³/mol. The minimum Gasteiger partial charge on any atom is -0.352 e. The number of halogens is 2. The Morgan fingerprint density at radius 1 is 1.17 bits per heavy atom. The fourth-order valence-electron chi connectivity index (χ4n) is 2.48. The van der Waals surface area contributed by atoms with E-state index in [2.05, 4.69) is 10.3 Å². The number of rotatable bonds is 4. The van der Waals surface area contributed by atoms with Crippen LogP contribution in [0.5, 0.6) is 0 Å². The van der Waals surface area contributed by atoms with Crippen molar-refractivity contribution in [2.75, 3.05) is 6.54 Å². The Kier molecular flexibility index (Phi) is 4.78. The standard InChI is InChI=1S/C18H17Cl2N3O/c1-11-3-4-13(7-12(11)2)18(24)21-6-5-15-10-23-9-14(19)8-16(20)17(23)22-15/h3-4,7-10H,5-6H2,1-2H3,(H,21,24). The number of amides is 1. The van der Waals surface area contributed by atoms with Gasteiger partial charge in [0, 0.05) is 30.9 Å². The molecule has 0 atom stereocenters. The van der Waals surface area contributed by atoms with Crippen LogP contribution in [0.3, 0.4) is 0 Å². The molecule has 0 spiro atoms. The van der Waals surface area contributed by atoms with Gasteiger partial charge in [0.25, 0.3) is 5.91 Å². The lowest BCUT2D eigenvalue weighted by molar-refractivity contribution is 0.0954. The molecule has 3 rings (SSSR count). The third-order valence-corrected chi connectivity index (χ3v) is 4.44. The zero-order chi connectivity index (χ0) is 17.3. The van der Waals surface area contributed by atoms with Crippen molar-refractivity contribution in [1.82, 2.24) is 14.7 Å². The van der Waals surface area contributed by atoms with Crippen LogP contribution in [0, 0.1) is 13.8 Å². The summed E-state index contributed by atoms with van der Waals surface area (Å²) >= 11 is 12.1. The summed E-state index contributed by atoms with van der Waals surface area (Å²) in [4.78, 5) is 16.7. The smallest absolute Gasteiger partial charge is 0.251 e. The van der Waals surface area contributed by atoms with Crippen LogP contribution in [0.25, 0.3) is 5.65 Å². The molecular formula is C18H17Cl2N3O. The van der Waals surface area contributed by atoms with Crippen molar-refractivity contribution in [3.05, 3.63) is 69.1 Å². The number of hydrogen-bond donors (Lipinski definition) is 1. The molecule has 0 bridgehead atoms. The summed E-state index contributed by atoms with van der Waals surface area (Å²) in [6.45, 7) is 4.52. The van der Waals surface area contributed by atoms with Crippen molar-refractivity contribution >= 4 is 34.8 Å². The van der Waals surface area contributed by atoms with Crippen molar-refractivity contribution in [1.29, 1.82) is 0 Å². The van der Waals surface area contributed by atoms with Crippen molar-refractivity contribution in [2.24, 2.45) is 0 Å². The summed E-state index contributed by atoms with van der Waals surface area (Å²) in [5.74, 6) is -0.0806. The first-order valence-corrected chi connectivity index (χ1v) is 8.38. The van der Waals surface area contributed by atoms with E-state index in [9.17, 15) is 4.79 Å². The van der Waals surface area contributed by atoms with Gasteiger partial charge in [-0.1, -0.05) is 29.3 Å². The van der Waals surface area contributed by atoms with E-state index in [-0.39, 0.29) is 5.91 Å². The van der Waals surface area contributed by atoms with Crippen LogP contribution in [-0.2, 0) is 6.42 Å². The number of imidazole rings is 1. The van der Waals surface area contributed by atoms with Crippen molar-refractivity contribution < 1.29 is 4.79 Å². The number of carbonyl (C=O) groups is 1. The topological polar surface area (TPSA) is 46.4 Å². The van der Waals surface area contributed by atoms with E-state index in [1.165, 1.54) is 5.56 Å². The molecule has 2 aromatic heterocycles. The maximum absolute atomic E-state index is 12.2. The summed E-state index contributed by atoms with van der Waals surface area (Å²) in [5, 5.41) is 3.98. The molecular weight excluding hydrogens is 345 g/mol. The number of pyridine rings is 1. The second-order valence-corrected chi connectivity index (χ2v) is 6.62. The summed E-state index contributed by atoms with van der Waals surface area (Å²) in [6, 6.07) is 7.36. The zero-order valence-electron chi connectivity index (χ0n) is 13.4. The molecule has 6 heteroatoms. The van der Waals surface area contributed by atoms with Gasteiger partial charge in [0.05, 0.1) is 15.7 Å². The third kappa shape index (κ3) is 3.55. The monoisotopic (exact) mass is 361 g/mol. The summed E-state index contributed by atoms with van der Waals surface area (Å²) in [6.07, 6.45) is 4.24. The maximum atomic E-state index is 12.2. The molecule has 0 aliphatic carbocycles. The molecule has 0 aliphatic heterocycles. The fraction of sp³-hybridized carbons (Fsp3) is 0.222. The summed E-state index contributed by atoms with van der Waals surface area (Å²) in [7, 11) is 0. The van der Waals surface area contributed by atoms with Crippen LogP contribution in [0.4, 0.5) is 0 Å². The van der Waals surface area contributed by atoms with E-state index in [1.54, 1.807) is 16.7 Å². The van der Waals surface area contributed by atoms with Crippen molar-refractivity contribution in [3.8, 4) is 0 Å². The molecule has 1 amide bonds. The SMILES string of the molecule is Cc1ccc(C(=O)NCCc2cn3cc(Cl)cc(Cl)c3n2)cc1C. The number of aryl methyl sites for hydroxylation is 2. The molecule has 1 aromatic carbocycles. The van der Waals surface area contributed by atoms with Gasteiger partial charge in [0.1, 0.15) is 0 Å². The summed E-state index contributed by atoms with van der Waals surface area (Å²) in [5.41, 5.74) is 4.46. The van der Waals surface area contributed by atoms with E-state index in [1.807, 2.05) is 38.2 Å². The van der Waals surface area contributed by atoms with Crippen molar-refractivity contribution in [3.63, 3.8) is 0 Å². The Morgan fingerprint density at radius 3 is 2.71 bits per heavy atom. The van der Waals surface area contributed by atoms with Gasteiger partial charge < -0.3 is 9.72 Å². The van der Waals surface area contributed by atoms with E-state index in [0.29, 0.717) is 34.2 Å². The fourth-order valence-corrected chi connectivity index (χ4v) is 3.01. The highest BCUT2D eigenvalue weighted by Crippen LogP contribution is 2.21. The van der Waals surface area contributed by atoms with E-state index >= 15 is 0 Å². The molecule has 0 saturated carbocycles. The molecule has 124 valence electrons. The highest BCUT2D eigenvalue weighted by molar-refractivity contribution is 6.36. The molecule has 0 saturated heterocycles. The number of aromatic nitrogens is 2. The second-order valence-electron chi connectivity index (χ2n) is 5.77. The number of carbonyl (C=O) groups excluding carboxylic acids is 1. The molecule has 24 heavy (non-hydrogen) atoms. The largest absolute Gasteiger partial charge is 0.352 e. The number of nitrogens with one attached hydrogen (secondary N) is 1. The highest BCUT2D eigenvalue weighted by Gasteiger charge is 2.09. The van der Waals surface area contributed by atoms with E-state index in [4.69, 9.17) is 23.2 Å². The molecule has 1 N–H and O–H groups in total. The average molecular weight is 362 g/mol. The maximum Gasteiger partial charge on any atom is 0.251 e. The number of fused-ring (bicyclic) bond motifs is 1. The van der Waals surface area contributed by atoms with Gasteiger partial charge in [0.15, 0.2) is 5.65 Å². The molecule has 0 aliphatic rings. The van der Waals surface area contributed by atoms with Crippen LogP contribution in [0.1, 0.15) is 27.2 Å². The van der Waals surface area contributed by atoms with Gasteiger partial charge in [0.2, 0.25) is 0 Å². The Labute approximate surface area is 150 Å². The normalized spacial score (nSPS) is 11.0. The lowest BCUT2D eigenvalue weighted by Crippen LogP contribution is -2.25. The highest BCUT2D eigenvalue weighted by atomic mass is 35.5. The molecule has 0 radical (unpaired) electrons. The van der Waals surface area contributed by atoms with Gasteiger partial charge in [-0.25, -0.2) is 4.98 Å². The Morgan fingerprint density at radius 2 is 1.96 bits per heavy atom. The van der Waals surface area contributed by atoms with Crippen LogP contribution in [0.2, 0.25) is 10.0 Å². The first kappa shape index (κ1) is 16.8. The first-order chi connectivity index (χ1) is 11.4. The number of benzene rings is 1. The Bertz CT molecular complexity index is 918. The van der Waals surface area contributed by atoms with Gasteiger partial charge in [-0.3, -0.25) is 4.79 Å². The van der Waals surface area contributed by atoms with Gasteiger partial charge >= 0.3 is 0 Å². The average Bonchev–Trinajstić information content (AvgIpc) is 2.93. The molecule has 3 aromatic rings. The van der Waals surface area contributed by atoms with Crippen LogP contribution in [-0.4, -0.2) is 21.8 Å². The Hall–Kier alpha value is -2.04. The van der Waals surface area contributed by atoms with E-state index < -0.39 is 0 Å². The van der Waals surface area contributed by atoms with Crippen LogP contribution < -0.4 is 5.32 Å².